The van der Waals surface area contributed by atoms with Crippen molar-refractivity contribution in [3.63, 3.8) is 0 Å². The van der Waals surface area contributed by atoms with Crippen molar-refractivity contribution in [1.29, 1.82) is 0 Å². The Morgan fingerprint density at radius 3 is 2.67 bits per heavy atom. The van der Waals surface area contributed by atoms with E-state index in [0.29, 0.717) is 10.6 Å². The highest BCUT2D eigenvalue weighted by molar-refractivity contribution is 5.72. The van der Waals surface area contributed by atoms with Crippen LogP contribution < -0.4 is 4.43 Å². The van der Waals surface area contributed by atoms with E-state index in [1.807, 2.05) is 0 Å². The van der Waals surface area contributed by atoms with E-state index in [2.05, 4.69) is 0 Å². The Hall–Kier alpha value is -2.44. The zero-order valence-electron chi connectivity index (χ0n) is 7.36. The van der Waals surface area contributed by atoms with Crippen molar-refractivity contribution in [2.75, 3.05) is 0 Å². The molecule has 0 unspecified atom stereocenters. The summed E-state index contributed by atoms with van der Waals surface area (Å²) in [6.45, 7) is 0. The molecular weight excluding hydrogens is 202 g/mol. The quantitative estimate of drug-likeness (QED) is 0.392. The molecule has 2 aromatic rings. The maximum atomic E-state index is 11.4. The Labute approximate surface area is 82.5 Å². The molecule has 76 valence electrons. The van der Waals surface area contributed by atoms with E-state index in [1.165, 1.54) is 18.2 Å². The fraction of sp³-hybridized carbons (Fsp3) is 0. The minimum Gasteiger partial charge on any atom is -0.710 e. The minimum absolute atomic E-state index is 0.0262. The molecule has 0 saturated carbocycles. The summed E-state index contributed by atoms with van der Waals surface area (Å²) in [7, 11) is 0. The van der Waals surface area contributed by atoms with Crippen LogP contribution in [0.15, 0.2) is 30.5 Å². The minimum atomic E-state index is -0.895. The third-order valence-corrected chi connectivity index (χ3v) is 1.97. The number of rotatable bonds is 1. The van der Waals surface area contributed by atoms with Crippen LogP contribution in [0.25, 0.3) is 11.0 Å². The molecular formula is C8H5N3O4. The molecule has 0 radical (unpaired) electrons. The van der Waals surface area contributed by atoms with E-state index < -0.39 is 10.7 Å². The largest absolute Gasteiger partial charge is 0.710 e. The van der Waals surface area contributed by atoms with Crippen LogP contribution in [0.5, 0.6) is 0 Å². The molecule has 0 N–H and O–H groups in total. The summed E-state index contributed by atoms with van der Waals surface area (Å²) < 4.78 is 0.436. The molecule has 0 aliphatic rings. The van der Waals surface area contributed by atoms with Crippen LogP contribution in [0, 0.1) is 20.2 Å². The molecule has 0 fully saturated rings. The topological polar surface area (TPSA) is 94.1 Å². The molecule has 0 aliphatic heterocycles. The molecule has 2 rings (SSSR count). The number of nitrogens with zero attached hydrogens (tertiary/aromatic N) is 3. The predicted octanol–water partition coefficient (Wildman–Crippen LogP) is 0.810. The maximum Gasteiger partial charge on any atom is 0.396 e. The average Bonchev–Trinajstić information content (AvgIpc) is 2.23. The molecule has 7 heteroatoms. The van der Waals surface area contributed by atoms with Crippen molar-refractivity contribution in [2.24, 2.45) is 0 Å². The first-order chi connectivity index (χ1) is 7.11. The molecule has 1 aromatic heterocycles. The van der Waals surface area contributed by atoms with Gasteiger partial charge in [0, 0.05) is 11.0 Å². The second kappa shape index (κ2) is 3.05. The van der Waals surface area contributed by atoms with Crippen molar-refractivity contribution < 1.29 is 9.35 Å². The van der Waals surface area contributed by atoms with Gasteiger partial charge in [-0.3, -0.25) is 0 Å². The first kappa shape index (κ1) is 9.13. The summed E-state index contributed by atoms with van der Waals surface area (Å²) >= 11 is 0. The second-order valence-electron chi connectivity index (χ2n) is 2.85. The van der Waals surface area contributed by atoms with E-state index in [-0.39, 0.29) is 15.8 Å². The number of hydrogen-bond donors (Lipinski definition) is 0. The van der Waals surface area contributed by atoms with Crippen molar-refractivity contribution in [2.45, 2.75) is 0 Å². The SMILES string of the molecule is O=[N+]([O-])c1c[n+](=O)c2ccccc2n1[O-]. The normalized spacial score (nSPS) is 10.4. The summed E-state index contributed by atoms with van der Waals surface area (Å²) in [5, 5.41) is 21.9. The molecule has 0 aliphatic carbocycles. The summed E-state index contributed by atoms with van der Waals surface area (Å²) in [5.41, 5.74) is 0.0693. The lowest BCUT2D eigenvalue weighted by Crippen LogP contribution is -2.19. The van der Waals surface area contributed by atoms with Gasteiger partial charge in [-0.2, -0.15) is 0 Å². The molecule has 15 heavy (non-hydrogen) atoms. The summed E-state index contributed by atoms with van der Waals surface area (Å²) in [4.78, 5) is 20.9. The van der Waals surface area contributed by atoms with Crippen LogP contribution in [-0.2, 0) is 0 Å². The van der Waals surface area contributed by atoms with Crippen molar-refractivity contribution in [3.05, 3.63) is 50.7 Å². The third-order valence-electron chi connectivity index (χ3n) is 1.97. The number of nitro groups is 1. The number of hydrogen-bond acceptors (Lipinski definition) is 4. The number of aromatic nitrogens is 2. The van der Waals surface area contributed by atoms with Crippen molar-refractivity contribution in [1.82, 2.24) is 4.73 Å². The third kappa shape index (κ3) is 1.30. The molecule has 7 nitrogen and oxygen atoms in total. The Morgan fingerprint density at radius 2 is 2.00 bits per heavy atom. The molecule has 0 spiro atoms. The Morgan fingerprint density at radius 1 is 1.33 bits per heavy atom. The summed E-state index contributed by atoms with van der Waals surface area (Å²) in [6.07, 6.45) is 0.648. The highest BCUT2D eigenvalue weighted by Crippen LogP contribution is 2.15. The highest BCUT2D eigenvalue weighted by Gasteiger charge is 2.19. The van der Waals surface area contributed by atoms with Gasteiger partial charge in [0.15, 0.2) is 0 Å². The Balaban J connectivity index is 2.97. The van der Waals surface area contributed by atoms with Crippen LogP contribution in [-0.4, -0.2) is 9.65 Å². The first-order valence-corrected chi connectivity index (χ1v) is 4.00. The van der Waals surface area contributed by atoms with Crippen LogP contribution in [0.3, 0.4) is 0 Å². The van der Waals surface area contributed by atoms with Gasteiger partial charge in [-0.05, 0) is 11.0 Å². The van der Waals surface area contributed by atoms with E-state index in [4.69, 9.17) is 0 Å². The van der Waals surface area contributed by atoms with Gasteiger partial charge in [0.05, 0.1) is 4.43 Å². The van der Waals surface area contributed by atoms with Gasteiger partial charge in [-0.1, -0.05) is 12.1 Å². The van der Waals surface area contributed by atoms with Gasteiger partial charge in [0.25, 0.3) is 0 Å². The van der Waals surface area contributed by atoms with E-state index in [0.717, 1.165) is 0 Å². The summed E-state index contributed by atoms with van der Waals surface area (Å²) in [5.74, 6) is -0.788. The van der Waals surface area contributed by atoms with Gasteiger partial charge in [-0.15, -0.1) is 0 Å². The van der Waals surface area contributed by atoms with Crippen LogP contribution in [0.4, 0.5) is 5.82 Å². The standard InChI is InChI=1S/C8H5N3O4/c12-9-5-8(11(14)15)10(13)7-4-2-1-3-6(7)9/h1-5H. The van der Waals surface area contributed by atoms with Gasteiger partial charge in [0.2, 0.25) is 5.52 Å². The predicted molar refractivity (Wildman–Crippen MR) is 50.7 cm³/mol. The lowest BCUT2D eigenvalue weighted by molar-refractivity contribution is -0.480. The number of benzene rings is 1. The van der Waals surface area contributed by atoms with Gasteiger partial charge in [-0.25, -0.2) is 4.73 Å². The van der Waals surface area contributed by atoms with Crippen LogP contribution in [0.1, 0.15) is 0 Å². The molecule has 0 bridgehead atoms. The van der Waals surface area contributed by atoms with Gasteiger partial charge >= 0.3 is 17.5 Å². The van der Waals surface area contributed by atoms with E-state index in [1.54, 1.807) is 6.07 Å². The van der Waals surface area contributed by atoms with Gasteiger partial charge in [0.1, 0.15) is 0 Å². The van der Waals surface area contributed by atoms with Gasteiger partial charge < -0.3 is 15.3 Å². The molecule has 0 amide bonds. The lowest BCUT2D eigenvalue weighted by atomic mass is 10.3. The molecule has 1 aromatic carbocycles. The average molecular weight is 207 g/mol. The zero-order chi connectivity index (χ0) is 11.0. The maximum absolute atomic E-state index is 11.4. The Kier molecular flexibility index (Phi) is 1.86. The molecule has 0 atom stereocenters. The fourth-order valence-corrected chi connectivity index (χ4v) is 1.29. The Bertz CT molecular complexity index is 604. The first-order valence-electron chi connectivity index (χ1n) is 4.00. The van der Waals surface area contributed by atoms with E-state index >= 15 is 0 Å². The fourth-order valence-electron chi connectivity index (χ4n) is 1.29. The number of para-hydroxylation sites is 2. The van der Waals surface area contributed by atoms with Crippen molar-refractivity contribution >= 4 is 16.9 Å². The summed E-state index contributed by atoms with van der Waals surface area (Å²) in [6, 6.07) is 5.87. The smallest absolute Gasteiger partial charge is 0.396 e. The number of fused-ring (bicyclic) bond motifs is 1. The monoisotopic (exact) mass is 207 g/mol. The molecule has 0 saturated heterocycles. The lowest BCUT2D eigenvalue weighted by Gasteiger charge is -2.05. The van der Waals surface area contributed by atoms with Crippen molar-refractivity contribution in [3.8, 4) is 0 Å². The van der Waals surface area contributed by atoms with Crippen LogP contribution >= 0.6 is 0 Å². The highest BCUT2D eigenvalue weighted by atomic mass is 16.6. The van der Waals surface area contributed by atoms with Crippen LogP contribution in [0.2, 0.25) is 0 Å². The zero-order valence-corrected chi connectivity index (χ0v) is 7.36. The van der Waals surface area contributed by atoms with E-state index in [9.17, 15) is 20.2 Å². The molecule has 1 heterocycles. The second-order valence-corrected chi connectivity index (χ2v) is 2.85.